The van der Waals surface area contributed by atoms with Crippen LogP contribution in [-0.4, -0.2) is 46.7 Å². The molecule has 0 aromatic carbocycles. The number of nitrogens with one attached hydrogen (secondary N) is 1. The van der Waals surface area contributed by atoms with Crippen molar-refractivity contribution in [3.8, 4) is 0 Å². The summed E-state index contributed by atoms with van der Waals surface area (Å²) in [6, 6.07) is 0.395. The van der Waals surface area contributed by atoms with E-state index in [1.807, 2.05) is 0 Å². The Hall–Kier alpha value is -0.130. The van der Waals surface area contributed by atoms with Crippen LogP contribution in [0, 0.1) is 5.92 Å². The SMILES string of the molecule is CCNC(CCCS(C)(=O)=O)CC(C)COC. The predicted molar refractivity (Wildman–Crippen MR) is 72.1 cm³/mol. The van der Waals surface area contributed by atoms with Crippen LogP contribution in [0.2, 0.25) is 0 Å². The topological polar surface area (TPSA) is 55.4 Å². The van der Waals surface area contributed by atoms with Crippen molar-refractivity contribution in [2.45, 2.75) is 39.2 Å². The predicted octanol–water partition coefficient (Wildman–Crippen LogP) is 1.46. The molecular formula is C12H27NO3S. The van der Waals surface area contributed by atoms with E-state index < -0.39 is 9.84 Å². The van der Waals surface area contributed by atoms with E-state index in [2.05, 4.69) is 19.2 Å². The van der Waals surface area contributed by atoms with Crippen molar-refractivity contribution in [3.63, 3.8) is 0 Å². The van der Waals surface area contributed by atoms with Gasteiger partial charge in [-0.2, -0.15) is 0 Å². The first-order chi connectivity index (χ1) is 7.89. The Morgan fingerprint density at radius 3 is 2.47 bits per heavy atom. The summed E-state index contributed by atoms with van der Waals surface area (Å²) in [6.45, 7) is 5.91. The third kappa shape index (κ3) is 10.7. The lowest BCUT2D eigenvalue weighted by atomic mass is 9.99. The fourth-order valence-corrected chi connectivity index (χ4v) is 2.71. The molecule has 2 atom stereocenters. The fraction of sp³-hybridized carbons (Fsp3) is 1.00. The third-order valence-corrected chi connectivity index (χ3v) is 3.73. The number of sulfone groups is 1. The summed E-state index contributed by atoms with van der Waals surface area (Å²) in [5.41, 5.74) is 0. The van der Waals surface area contributed by atoms with Gasteiger partial charge < -0.3 is 10.1 Å². The van der Waals surface area contributed by atoms with Crippen LogP contribution in [0.15, 0.2) is 0 Å². The minimum atomic E-state index is -2.83. The second kappa shape index (κ2) is 8.89. The smallest absolute Gasteiger partial charge is 0.147 e. The molecule has 0 saturated heterocycles. The highest BCUT2D eigenvalue weighted by atomic mass is 32.2. The van der Waals surface area contributed by atoms with E-state index in [9.17, 15) is 8.42 Å². The first kappa shape index (κ1) is 16.9. The number of hydrogen-bond donors (Lipinski definition) is 1. The fourth-order valence-electron chi connectivity index (χ4n) is 2.02. The van der Waals surface area contributed by atoms with Crippen molar-refractivity contribution >= 4 is 9.84 Å². The van der Waals surface area contributed by atoms with Crippen LogP contribution in [0.25, 0.3) is 0 Å². The van der Waals surface area contributed by atoms with Crippen LogP contribution in [0.4, 0.5) is 0 Å². The molecule has 0 aromatic heterocycles. The van der Waals surface area contributed by atoms with Gasteiger partial charge in [-0.05, 0) is 31.7 Å². The van der Waals surface area contributed by atoms with E-state index in [0.29, 0.717) is 12.0 Å². The minimum absolute atomic E-state index is 0.285. The van der Waals surface area contributed by atoms with Crippen molar-refractivity contribution in [2.24, 2.45) is 5.92 Å². The Kier molecular flexibility index (Phi) is 8.82. The molecule has 0 fully saturated rings. The Morgan fingerprint density at radius 2 is 2.00 bits per heavy atom. The monoisotopic (exact) mass is 265 g/mol. The second-order valence-corrected chi connectivity index (χ2v) is 7.08. The Balaban J connectivity index is 3.97. The van der Waals surface area contributed by atoms with Gasteiger partial charge in [-0.15, -0.1) is 0 Å². The van der Waals surface area contributed by atoms with Gasteiger partial charge in [-0.1, -0.05) is 13.8 Å². The Labute approximate surface area is 106 Å². The molecule has 4 nitrogen and oxygen atoms in total. The molecule has 17 heavy (non-hydrogen) atoms. The van der Waals surface area contributed by atoms with Gasteiger partial charge in [0.05, 0.1) is 0 Å². The summed E-state index contributed by atoms with van der Waals surface area (Å²) in [6.07, 6.45) is 3.97. The maximum absolute atomic E-state index is 11.1. The molecule has 0 aliphatic carbocycles. The number of hydrogen-bond acceptors (Lipinski definition) is 4. The summed E-state index contributed by atoms with van der Waals surface area (Å²) in [7, 11) is -1.12. The minimum Gasteiger partial charge on any atom is -0.384 e. The van der Waals surface area contributed by atoms with Crippen molar-refractivity contribution in [1.29, 1.82) is 0 Å². The van der Waals surface area contributed by atoms with E-state index in [-0.39, 0.29) is 5.75 Å². The molecule has 1 N–H and O–H groups in total. The Morgan fingerprint density at radius 1 is 1.35 bits per heavy atom. The highest BCUT2D eigenvalue weighted by molar-refractivity contribution is 7.90. The molecule has 0 aliphatic rings. The molecule has 0 rings (SSSR count). The van der Waals surface area contributed by atoms with Crippen molar-refractivity contribution in [1.82, 2.24) is 5.32 Å². The highest BCUT2D eigenvalue weighted by Crippen LogP contribution is 2.11. The summed E-state index contributed by atoms with van der Waals surface area (Å²) < 4.78 is 27.2. The van der Waals surface area contributed by atoms with E-state index in [4.69, 9.17) is 4.74 Å². The second-order valence-electron chi connectivity index (χ2n) is 4.82. The molecule has 0 aliphatic heterocycles. The molecule has 0 saturated carbocycles. The quantitative estimate of drug-likeness (QED) is 0.650. The molecule has 0 radical (unpaired) electrons. The van der Waals surface area contributed by atoms with Gasteiger partial charge in [-0.3, -0.25) is 0 Å². The number of ether oxygens (including phenoxy) is 1. The van der Waals surface area contributed by atoms with Crippen LogP contribution in [0.5, 0.6) is 0 Å². The van der Waals surface area contributed by atoms with Gasteiger partial charge in [0, 0.05) is 31.8 Å². The average Bonchev–Trinajstić information content (AvgIpc) is 2.16. The lowest BCUT2D eigenvalue weighted by Gasteiger charge is -2.21. The Bertz CT molecular complexity index is 277. The zero-order valence-corrected chi connectivity index (χ0v) is 12.3. The number of rotatable bonds is 10. The van der Waals surface area contributed by atoms with Crippen LogP contribution in [0.1, 0.15) is 33.1 Å². The largest absolute Gasteiger partial charge is 0.384 e. The zero-order chi connectivity index (χ0) is 13.3. The molecule has 0 bridgehead atoms. The molecule has 5 heteroatoms. The third-order valence-electron chi connectivity index (χ3n) is 2.70. The lowest BCUT2D eigenvalue weighted by molar-refractivity contribution is 0.148. The average molecular weight is 265 g/mol. The normalized spacial score (nSPS) is 15.8. The first-order valence-corrected chi connectivity index (χ1v) is 8.35. The van der Waals surface area contributed by atoms with Gasteiger partial charge in [0.2, 0.25) is 0 Å². The van der Waals surface area contributed by atoms with Gasteiger partial charge >= 0.3 is 0 Å². The standard InChI is InChI=1S/C12H27NO3S/c1-5-13-12(9-11(2)10-16-3)7-6-8-17(4,14)15/h11-13H,5-10H2,1-4H3. The van der Waals surface area contributed by atoms with Crippen molar-refractivity contribution in [3.05, 3.63) is 0 Å². The maximum Gasteiger partial charge on any atom is 0.147 e. The van der Waals surface area contributed by atoms with E-state index >= 15 is 0 Å². The van der Waals surface area contributed by atoms with Crippen LogP contribution < -0.4 is 5.32 Å². The van der Waals surface area contributed by atoms with E-state index in [1.165, 1.54) is 6.26 Å². The summed E-state index contributed by atoms with van der Waals surface area (Å²) >= 11 is 0. The van der Waals surface area contributed by atoms with Gasteiger partial charge in [0.1, 0.15) is 9.84 Å². The zero-order valence-electron chi connectivity index (χ0n) is 11.5. The molecule has 0 aromatic rings. The maximum atomic E-state index is 11.1. The van der Waals surface area contributed by atoms with Crippen LogP contribution in [0.3, 0.4) is 0 Å². The molecule has 0 amide bonds. The van der Waals surface area contributed by atoms with Crippen LogP contribution >= 0.6 is 0 Å². The summed E-state index contributed by atoms with van der Waals surface area (Å²) in [5, 5.41) is 3.41. The van der Waals surface area contributed by atoms with Crippen molar-refractivity contribution in [2.75, 3.05) is 32.3 Å². The number of methoxy groups -OCH3 is 1. The van der Waals surface area contributed by atoms with Gasteiger partial charge in [0.15, 0.2) is 0 Å². The summed E-state index contributed by atoms with van der Waals surface area (Å²) in [5.74, 6) is 0.787. The first-order valence-electron chi connectivity index (χ1n) is 6.29. The molecule has 0 spiro atoms. The molecular weight excluding hydrogens is 238 g/mol. The van der Waals surface area contributed by atoms with Gasteiger partial charge in [-0.25, -0.2) is 8.42 Å². The van der Waals surface area contributed by atoms with Crippen LogP contribution in [-0.2, 0) is 14.6 Å². The molecule has 0 heterocycles. The molecule has 2 unspecified atom stereocenters. The van der Waals surface area contributed by atoms with Crippen molar-refractivity contribution < 1.29 is 13.2 Å². The lowest BCUT2D eigenvalue weighted by Crippen LogP contribution is -2.31. The summed E-state index contributed by atoms with van der Waals surface area (Å²) in [4.78, 5) is 0. The highest BCUT2D eigenvalue weighted by Gasteiger charge is 2.13. The van der Waals surface area contributed by atoms with Gasteiger partial charge in [0.25, 0.3) is 0 Å². The molecule has 104 valence electrons. The van der Waals surface area contributed by atoms with E-state index in [1.54, 1.807) is 7.11 Å². The van der Waals surface area contributed by atoms with E-state index in [0.717, 1.165) is 32.4 Å².